The lowest BCUT2D eigenvalue weighted by molar-refractivity contribution is -0.138. The van der Waals surface area contributed by atoms with Gasteiger partial charge in [-0.3, -0.25) is 4.79 Å². The average molecular weight is 290 g/mol. The monoisotopic (exact) mass is 290 g/mol. The molecule has 0 atom stereocenters. The predicted molar refractivity (Wildman–Crippen MR) is 85.4 cm³/mol. The van der Waals surface area contributed by atoms with Crippen LogP contribution >= 0.6 is 0 Å². The second-order valence-corrected chi connectivity index (χ2v) is 6.68. The van der Waals surface area contributed by atoms with E-state index in [1.807, 2.05) is 27.8 Å². The van der Waals surface area contributed by atoms with Crippen molar-refractivity contribution in [3.8, 4) is 0 Å². The molecule has 1 aromatic carbocycles. The first-order valence-corrected chi connectivity index (χ1v) is 7.55. The van der Waals surface area contributed by atoms with E-state index in [1.54, 1.807) is 4.90 Å². The smallest absolute Gasteiger partial charge is 0.227 e. The number of anilines is 1. The molecule has 4 nitrogen and oxygen atoms in total. The fraction of sp³-hybridized carbons (Fsp3) is 0.588. The van der Waals surface area contributed by atoms with Gasteiger partial charge in [-0.25, -0.2) is 0 Å². The summed E-state index contributed by atoms with van der Waals surface area (Å²) in [6.07, 6.45) is 0. The highest BCUT2D eigenvalue weighted by molar-refractivity contribution is 5.81. The van der Waals surface area contributed by atoms with Crippen molar-refractivity contribution >= 4 is 11.6 Å². The van der Waals surface area contributed by atoms with Gasteiger partial charge in [-0.1, -0.05) is 32.9 Å². The number of amides is 1. The minimum Gasteiger partial charge on any atom is -0.378 e. The van der Waals surface area contributed by atoms with E-state index in [2.05, 4.69) is 29.2 Å². The third kappa shape index (κ3) is 4.21. The number of carbonyl (C=O) groups excluding carboxylic acids is 1. The van der Waals surface area contributed by atoms with E-state index in [1.165, 1.54) is 5.69 Å². The van der Waals surface area contributed by atoms with Gasteiger partial charge in [-0.05, 0) is 17.7 Å². The van der Waals surface area contributed by atoms with Crippen LogP contribution in [0.15, 0.2) is 24.3 Å². The maximum atomic E-state index is 12.2. The molecule has 1 aliphatic heterocycles. The standard InChI is InChI=1S/C17H26N2O2/c1-17(2,3)16(20)18(4)13-14-5-7-15(8-6-14)19-9-11-21-12-10-19/h5-8H,9-13H2,1-4H3. The van der Waals surface area contributed by atoms with Gasteiger partial charge in [0.05, 0.1) is 13.2 Å². The summed E-state index contributed by atoms with van der Waals surface area (Å²) in [4.78, 5) is 16.3. The van der Waals surface area contributed by atoms with Crippen molar-refractivity contribution in [3.63, 3.8) is 0 Å². The Bertz CT molecular complexity index is 471. The SMILES string of the molecule is CN(Cc1ccc(N2CCOCC2)cc1)C(=O)C(C)(C)C. The van der Waals surface area contributed by atoms with Crippen LogP contribution in [-0.2, 0) is 16.1 Å². The zero-order valence-corrected chi connectivity index (χ0v) is 13.6. The van der Waals surface area contributed by atoms with Crippen molar-refractivity contribution in [2.45, 2.75) is 27.3 Å². The van der Waals surface area contributed by atoms with Gasteiger partial charge in [0, 0.05) is 37.8 Å². The van der Waals surface area contributed by atoms with E-state index >= 15 is 0 Å². The van der Waals surface area contributed by atoms with Crippen molar-refractivity contribution in [2.24, 2.45) is 5.41 Å². The van der Waals surface area contributed by atoms with Gasteiger partial charge in [0.25, 0.3) is 0 Å². The third-order valence-electron chi connectivity index (χ3n) is 3.72. The van der Waals surface area contributed by atoms with Crippen LogP contribution < -0.4 is 4.90 Å². The van der Waals surface area contributed by atoms with E-state index < -0.39 is 0 Å². The second kappa shape index (κ2) is 6.48. The van der Waals surface area contributed by atoms with Crippen LogP contribution in [0.3, 0.4) is 0 Å². The van der Waals surface area contributed by atoms with Crippen LogP contribution in [0.2, 0.25) is 0 Å². The minimum atomic E-state index is -0.331. The molecule has 2 rings (SSSR count). The van der Waals surface area contributed by atoms with Crippen molar-refractivity contribution in [2.75, 3.05) is 38.3 Å². The van der Waals surface area contributed by atoms with E-state index in [0.717, 1.165) is 31.9 Å². The summed E-state index contributed by atoms with van der Waals surface area (Å²) in [5.74, 6) is 0.166. The molecule has 1 fully saturated rings. The third-order valence-corrected chi connectivity index (χ3v) is 3.72. The Morgan fingerprint density at radius 3 is 2.29 bits per heavy atom. The molecule has 116 valence electrons. The Kier molecular flexibility index (Phi) is 4.88. The normalized spacial score (nSPS) is 15.9. The molecule has 0 radical (unpaired) electrons. The average Bonchev–Trinajstić information content (AvgIpc) is 2.47. The molecule has 1 amide bonds. The molecule has 0 saturated carbocycles. The van der Waals surface area contributed by atoms with Crippen LogP contribution in [0.1, 0.15) is 26.3 Å². The lowest BCUT2D eigenvalue weighted by atomic mass is 9.95. The molecular formula is C17H26N2O2. The Morgan fingerprint density at radius 2 is 1.76 bits per heavy atom. The van der Waals surface area contributed by atoms with Gasteiger partial charge < -0.3 is 14.5 Å². The van der Waals surface area contributed by atoms with Crippen molar-refractivity contribution < 1.29 is 9.53 Å². The van der Waals surface area contributed by atoms with Crippen molar-refractivity contribution in [1.29, 1.82) is 0 Å². The molecule has 0 spiro atoms. The number of hydrogen-bond donors (Lipinski definition) is 0. The first-order valence-electron chi connectivity index (χ1n) is 7.55. The fourth-order valence-electron chi connectivity index (χ4n) is 2.55. The molecule has 1 heterocycles. The zero-order chi connectivity index (χ0) is 15.5. The van der Waals surface area contributed by atoms with E-state index in [9.17, 15) is 4.79 Å². The summed E-state index contributed by atoms with van der Waals surface area (Å²) in [6, 6.07) is 8.49. The summed E-state index contributed by atoms with van der Waals surface area (Å²) in [5.41, 5.74) is 2.06. The molecule has 1 saturated heterocycles. The van der Waals surface area contributed by atoms with Crippen LogP contribution in [0.5, 0.6) is 0 Å². The quantitative estimate of drug-likeness (QED) is 0.857. The van der Waals surface area contributed by atoms with Gasteiger partial charge in [0.15, 0.2) is 0 Å². The Labute approximate surface area is 127 Å². The molecule has 21 heavy (non-hydrogen) atoms. The lowest BCUT2D eigenvalue weighted by Gasteiger charge is -2.29. The highest BCUT2D eigenvalue weighted by Crippen LogP contribution is 2.20. The van der Waals surface area contributed by atoms with E-state index in [0.29, 0.717) is 6.54 Å². The first kappa shape index (κ1) is 15.8. The van der Waals surface area contributed by atoms with Crippen LogP contribution in [0.4, 0.5) is 5.69 Å². The molecule has 0 bridgehead atoms. The summed E-state index contributed by atoms with van der Waals surface area (Å²) in [7, 11) is 1.86. The van der Waals surface area contributed by atoms with Gasteiger partial charge in [-0.2, -0.15) is 0 Å². The molecule has 0 aliphatic carbocycles. The van der Waals surface area contributed by atoms with E-state index in [4.69, 9.17) is 4.74 Å². The number of hydrogen-bond acceptors (Lipinski definition) is 3. The first-order chi connectivity index (χ1) is 9.88. The number of morpholine rings is 1. The molecule has 1 aliphatic rings. The Balaban J connectivity index is 1.97. The summed E-state index contributed by atoms with van der Waals surface area (Å²) < 4.78 is 5.37. The van der Waals surface area contributed by atoms with Gasteiger partial charge >= 0.3 is 0 Å². The molecule has 1 aromatic rings. The van der Waals surface area contributed by atoms with Gasteiger partial charge in [0.2, 0.25) is 5.91 Å². The fourth-order valence-corrected chi connectivity index (χ4v) is 2.55. The number of rotatable bonds is 3. The van der Waals surface area contributed by atoms with Crippen molar-refractivity contribution in [1.82, 2.24) is 4.90 Å². The number of carbonyl (C=O) groups is 1. The summed E-state index contributed by atoms with van der Waals surface area (Å²) >= 11 is 0. The van der Waals surface area contributed by atoms with Crippen LogP contribution in [-0.4, -0.2) is 44.2 Å². The highest BCUT2D eigenvalue weighted by Gasteiger charge is 2.24. The summed E-state index contributed by atoms with van der Waals surface area (Å²) in [6.45, 7) is 9.99. The number of benzene rings is 1. The number of ether oxygens (including phenoxy) is 1. The Morgan fingerprint density at radius 1 is 1.19 bits per heavy atom. The van der Waals surface area contributed by atoms with Crippen molar-refractivity contribution in [3.05, 3.63) is 29.8 Å². The number of nitrogens with zero attached hydrogens (tertiary/aromatic N) is 2. The Hall–Kier alpha value is -1.55. The minimum absolute atomic E-state index is 0.166. The highest BCUT2D eigenvalue weighted by atomic mass is 16.5. The topological polar surface area (TPSA) is 32.8 Å². The summed E-state index contributed by atoms with van der Waals surface area (Å²) in [5, 5.41) is 0. The zero-order valence-electron chi connectivity index (χ0n) is 13.6. The van der Waals surface area contributed by atoms with Gasteiger partial charge in [0.1, 0.15) is 0 Å². The molecular weight excluding hydrogens is 264 g/mol. The van der Waals surface area contributed by atoms with Crippen LogP contribution in [0.25, 0.3) is 0 Å². The van der Waals surface area contributed by atoms with Gasteiger partial charge in [-0.15, -0.1) is 0 Å². The predicted octanol–water partition coefficient (Wildman–Crippen LogP) is 2.53. The van der Waals surface area contributed by atoms with E-state index in [-0.39, 0.29) is 11.3 Å². The largest absolute Gasteiger partial charge is 0.378 e. The molecule has 0 N–H and O–H groups in total. The maximum absolute atomic E-state index is 12.2. The molecule has 0 aromatic heterocycles. The molecule has 0 unspecified atom stereocenters. The van der Waals surface area contributed by atoms with Crippen LogP contribution in [0, 0.1) is 5.41 Å². The molecule has 4 heteroatoms. The second-order valence-electron chi connectivity index (χ2n) is 6.68. The lowest BCUT2D eigenvalue weighted by Crippen LogP contribution is -2.36. The maximum Gasteiger partial charge on any atom is 0.227 e.